The molecule has 3 rings (SSSR count). The third kappa shape index (κ3) is 3.14. The Hall–Kier alpha value is 0.270. The highest BCUT2D eigenvalue weighted by molar-refractivity contribution is 8.00. The van der Waals surface area contributed by atoms with E-state index in [1.54, 1.807) is 0 Å². The molecule has 1 N–H and O–H groups in total. The molecular weight excluding hydrogens is 254 g/mol. The Bertz CT molecular complexity index is 286. The molecule has 0 bridgehead atoms. The summed E-state index contributed by atoms with van der Waals surface area (Å²) >= 11 is 2.08. The molecule has 0 amide bonds. The standard InChI is InChI=1S/C16H29NOS/c1-19-16(9-5-10-16)13-17-14-6-11-18-15(12-14)7-3-2-4-8-15/h14,17H,2-13H2,1H3. The summed E-state index contributed by atoms with van der Waals surface area (Å²) in [6.07, 6.45) is 15.8. The fourth-order valence-electron chi connectivity index (χ4n) is 4.10. The molecule has 1 spiro atoms. The number of ether oxygens (including phenoxy) is 1. The average molecular weight is 283 g/mol. The van der Waals surface area contributed by atoms with Crippen LogP contribution in [0, 0.1) is 0 Å². The molecule has 3 aliphatic rings. The highest BCUT2D eigenvalue weighted by Crippen LogP contribution is 2.43. The zero-order chi connectivity index (χ0) is 13.2. The van der Waals surface area contributed by atoms with Crippen LogP contribution in [0.3, 0.4) is 0 Å². The molecule has 2 nitrogen and oxygen atoms in total. The van der Waals surface area contributed by atoms with E-state index < -0.39 is 0 Å². The molecule has 1 saturated heterocycles. The summed E-state index contributed by atoms with van der Waals surface area (Å²) in [4.78, 5) is 0. The Morgan fingerprint density at radius 2 is 1.89 bits per heavy atom. The van der Waals surface area contributed by atoms with Gasteiger partial charge in [-0.25, -0.2) is 0 Å². The third-order valence-corrected chi connectivity index (χ3v) is 7.09. The molecule has 2 saturated carbocycles. The Balaban J connectivity index is 1.50. The van der Waals surface area contributed by atoms with Crippen molar-refractivity contribution in [3.63, 3.8) is 0 Å². The normalized spacial score (nSPS) is 33.0. The zero-order valence-electron chi connectivity index (χ0n) is 12.4. The van der Waals surface area contributed by atoms with Gasteiger partial charge in [0.1, 0.15) is 0 Å². The molecule has 0 aromatic carbocycles. The minimum absolute atomic E-state index is 0.250. The van der Waals surface area contributed by atoms with E-state index in [1.807, 2.05) is 0 Å². The van der Waals surface area contributed by atoms with Gasteiger partial charge >= 0.3 is 0 Å². The van der Waals surface area contributed by atoms with E-state index in [0.717, 1.165) is 6.61 Å². The molecule has 19 heavy (non-hydrogen) atoms. The summed E-state index contributed by atoms with van der Waals surface area (Å²) in [5, 5.41) is 3.89. The van der Waals surface area contributed by atoms with Gasteiger partial charge in [-0.1, -0.05) is 25.7 Å². The van der Waals surface area contributed by atoms with Crippen LogP contribution >= 0.6 is 11.8 Å². The van der Waals surface area contributed by atoms with Crippen LogP contribution in [0.2, 0.25) is 0 Å². The van der Waals surface area contributed by atoms with Crippen LogP contribution in [0.15, 0.2) is 0 Å². The van der Waals surface area contributed by atoms with Gasteiger partial charge < -0.3 is 10.1 Å². The topological polar surface area (TPSA) is 21.3 Å². The summed E-state index contributed by atoms with van der Waals surface area (Å²) in [7, 11) is 0. The van der Waals surface area contributed by atoms with Gasteiger partial charge in [-0.05, 0) is 44.8 Å². The second-order valence-corrected chi connectivity index (χ2v) is 8.18. The largest absolute Gasteiger partial charge is 0.375 e. The van der Waals surface area contributed by atoms with E-state index >= 15 is 0 Å². The Labute approximate surface area is 122 Å². The van der Waals surface area contributed by atoms with Gasteiger partial charge in [0.05, 0.1) is 5.60 Å². The van der Waals surface area contributed by atoms with Crippen molar-refractivity contribution in [3.05, 3.63) is 0 Å². The first kappa shape index (κ1) is 14.2. The molecule has 0 radical (unpaired) electrons. The van der Waals surface area contributed by atoms with Gasteiger partial charge in [-0.15, -0.1) is 0 Å². The Morgan fingerprint density at radius 3 is 2.53 bits per heavy atom. The first-order valence-corrected chi connectivity index (χ1v) is 9.41. The molecule has 0 aromatic rings. The van der Waals surface area contributed by atoms with Gasteiger partial charge in [0.15, 0.2) is 0 Å². The van der Waals surface area contributed by atoms with Crippen LogP contribution < -0.4 is 5.32 Å². The van der Waals surface area contributed by atoms with Gasteiger partial charge in [-0.3, -0.25) is 0 Å². The molecule has 3 fully saturated rings. The molecule has 1 unspecified atom stereocenters. The highest BCUT2D eigenvalue weighted by atomic mass is 32.2. The minimum Gasteiger partial charge on any atom is -0.375 e. The third-order valence-electron chi connectivity index (χ3n) is 5.67. The second-order valence-electron chi connectivity index (χ2n) is 6.90. The van der Waals surface area contributed by atoms with E-state index in [-0.39, 0.29) is 5.60 Å². The molecule has 110 valence electrons. The van der Waals surface area contributed by atoms with Crippen molar-refractivity contribution in [3.8, 4) is 0 Å². The van der Waals surface area contributed by atoms with E-state index in [2.05, 4.69) is 23.3 Å². The van der Waals surface area contributed by atoms with Crippen LogP contribution in [-0.2, 0) is 4.74 Å². The maximum atomic E-state index is 6.19. The van der Waals surface area contributed by atoms with E-state index in [4.69, 9.17) is 4.74 Å². The predicted octanol–water partition coefficient (Wildman–Crippen LogP) is 3.74. The predicted molar refractivity (Wildman–Crippen MR) is 82.9 cm³/mol. The van der Waals surface area contributed by atoms with Gasteiger partial charge in [0, 0.05) is 23.9 Å². The first-order valence-electron chi connectivity index (χ1n) is 8.19. The van der Waals surface area contributed by atoms with Crippen molar-refractivity contribution in [2.24, 2.45) is 0 Å². The van der Waals surface area contributed by atoms with Crippen molar-refractivity contribution in [1.29, 1.82) is 0 Å². The van der Waals surface area contributed by atoms with Crippen LogP contribution in [0.5, 0.6) is 0 Å². The quantitative estimate of drug-likeness (QED) is 0.849. The van der Waals surface area contributed by atoms with Crippen LogP contribution in [0.25, 0.3) is 0 Å². The lowest BCUT2D eigenvalue weighted by molar-refractivity contribution is -0.109. The number of hydrogen-bond donors (Lipinski definition) is 1. The van der Waals surface area contributed by atoms with Crippen LogP contribution in [0.4, 0.5) is 0 Å². The van der Waals surface area contributed by atoms with Crippen molar-refractivity contribution in [1.82, 2.24) is 5.32 Å². The lowest BCUT2D eigenvalue weighted by Gasteiger charge is -2.46. The lowest BCUT2D eigenvalue weighted by atomic mass is 9.78. The van der Waals surface area contributed by atoms with E-state index in [1.165, 1.54) is 70.8 Å². The fraction of sp³-hybridized carbons (Fsp3) is 1.00. The summed E-state index contributed by atoms with van der Waals surface area (Å²) in [6, 6.07) is 0.705. The van der Waals surface area contributed by atoms with Crippen molar-refractivity contribution >= 4 is 11.8 Å². The van der Waals surface area contributed by atoms with Crippen molar-refractivity contribution < 1.29 is 4.74 Å². The summed E-state index contributed by atoms with van der Waals surface area (Å²) in [6.45, 7) is 2.19. The summed E-state index contributed by atoms with van der Waals surface area (Å²) < 4.78 is 6.76. The van der Waals surface area contributed by atoms with E-state index in [0.29, 0.717) is 10.8 Å². The number of hydrogen-bond acceptors (Lipinski definition) is 3. The number of thioether (sulfide) groups is 1. The monoisotopic (exact) mass is 283 g/mol. The maximum Gasteiger partial charge on any atom is 0.0697 e. The van der Waals surface area contributed by atoms with Crippen LogP contribution in [0.1, 0.15) is 64.2 Å². The minimum atomic E-state index is 0.250. The smallest absolute Gasteiger partial charge is 0.0697 e. The van der Waals surface area contributed by atoms with Crippen LogP contribution in [-0.4, -0.2) is 35.8 Å². The fourth-order valence-corrected chi connectivity index (χ4v) is 5.03. The number of rotatable bonds is 4. The molecular formula is C16H29NOS. The van der Waals surface area contributed by atoms with Gasteiger partial charge in [0.2, 0.25) is 0 Å². The Morgan fingerprint density at radius 1 is 1.11 bits per heavy atom. The number of nitrogens with one attached hydrogen (secondary N) is 1. The van der Waals surface area contributed by atoms with E-state index in [9.17, 15) is 0 Å². The molecule has 1 atom stereocenters. The molecule has 1 aliphatic heterocycles. The Kier molecular flexibility index (Phi) is 4.45. The highest BCUT2D eigenvalue weighted by Gasteiger charge is 2.40. The molecule has 3 heteroatoms. The van der Waals surface area contributed by atoms with Gasteiger partial charge in [0.25, 0.3) is 0 Å². The average Bonchev–Trinajstić information content (AvgIpc) is 2.39. The lowest BCUT2D eigenvalue weighted by Crippen LogP contribution is -2.52. The van der Waals surface area contributed by atoms with Crippen molar-refractivity contribution in [2.45, 2.75) is 80.6 Å². The van der Waals surface area contributed by atoms with Gasteiger partial charge in [-0.2, -0.15) is 11.8 Å². The van der Waals surface area contributed by atoms with Crippen molar-refractivity contribution in [2.75, 3.05) is 19.4 Å². The second kappa shape index (κ2) is 5.95. The summed E-state index contributed by atoms with van der Waals surface area (Å²) in [5.74, 6) is 0. The molecule has 0 aromatic heterocycles. The first-order chi connectivity index (χ1) is 9.26. The molecule has 1 heterocycles. The zero-order valence-corrected chi connectivity index (χ0v) is 13.2. The summed E-state index contributed by atoms with van der Waals surface area (Å²) in [5.41, 5.74) is 0.250. The SMILES string of the molecule is CSC1(CNC2CCOC3(CCCCC3)C2)CCC1. The maximum absolute atomic E-state index is 6.19. The molecule has 2 aliphatic carbocycles.